The van der Waals surface area contributed by atoms with E-state index in [1.54, 1.807) is 12.3 Å². The Morgan fingerprint density at radius 1 is 1.11 bits per heavy atom. The first kappa shape index (κ1) is 12.0. The molecular weight excluding hydrogens is 242 g/mol. The summed E-state index contributed by atoms with van der Waals surface area (Å²) in [7, 11) is 2.12. The molecule has 19 heavy (non-hydrogen) atoms. The van der Waals surface area contributed by atoms with Crippen molar-refractivity contribution in [2.24, 2.45) is 0 Å². The highest BCUT2D eigenvalue weighted by atomic mass is 16.4. The largest absolute Gasteiger partial charge is 0.478 e. The number of aromatic carboxylic acids is 1. The number of carboxylic acids is 1. The first-order valence-electron chi connectivity index (χ1n) is 6.43. The summed E-state index contributed by atoms with van der Waals surface area (Å²) in [6.07, 6.45) is 1.70. The van der Waals surface area contributed by atoms with Gasteiger partial charge in [-0.25, -0.2) is 4.79 Å². The number of fused-ring (bicyclic) bond motifs is 1. The van der Waals surface area contributed by atoms with Gasteiger partial charge in [0.25, 0.3) is 0 Å². The molecule has 1 fully saturated rings. The zero-order valence-corrected chi connectivity index (χ0v) is 10.9. The number of rotatable bonds is 2. The van der Waals surface area contributed by atoms with Crippen molar-refractivity contribution in [3.63, 3.8) is 0 Å². The molecule has 1 N–H and O–H groups in total. The Bertz CT molecular complexity index is 612. The summed E-state index contributed by atoms with van der Waals surface area (Å²) in [5.41, 5.74) is 1.35. The Kier molecular flexibility index (Phi) is 2.91. The van der Waals surface area contributed by atoms with Gasteiger partial charge in [0.1, 0.15) is 5.82 Å². The van der Waals surface area contributed by atoms with Gasteiger partial charge in [0.05, 0.1) is 5.56 Å². The van der Waals surface area contributed by atoms with Crippen LogP contribution in [0.4, 0.5) is 5.82 Å². The van der Waals surface area contributed by atoms with E-state index in [0.717, 1.165) is 37.5 Å². The van der Waals surface area contributed by atoms with Gasteiger partial charge in [0.15, 0.2) is 0 Å². The van der Waals surface area contributed by atoms with Crippen LogP contribution in [-0.2, 0) is 0 Å². The van der Waals surface area contributed by atoms with E-state index >= 15 is 0 Å². The molecule has 5 heteroatoms. The second kappa shape index (κ2) is 4.59. The van der Waals surface area contributed by atoms with Gasteiger partial charge in [-0.2, -0.15) is 0 Å². The second-order valence-corrected chi connectivity index (χ2v) is 5.00. The molecule has 0 unspecified atom stereocenters. The average molecular weight is 259 g/mol. The van der Waals surface area contributed by atoms with Gasteiger partial charge in [0.2, 0.25) is 0 Å². The van der Waals surface area contributed by atoms with E-state index in [1.807, 2.05) is 16.5 Å². The summed E-state index contributed by atoms with van der Waals surface area (Å²) in [5, 5.41) is 9.08. The molecule has 5 nitrogen and oxygen atoms in total. The van der Waals surface area contributed by atoms with Crippen LogP contribution >= 0.6 is 0 Å². The molecule has 0 aromatic carbocycles. The third-order valence-corrected chi connectivity index (χ3v) is 3.70. The van der Waals surface area contributed by atoms with Crippen LogP contribution in [0.1, 0.15) is 10.4 Å². The van der Waals surface area contributed by atoms with Crippen LogP contribution in [0, 0.1) is 0 Å². The van der Waals surface area contributed by atoms with Gasteiger partial charge in [-0.1, -0.05) is 0 Å². The highest BCUT2D eigenvalue weighted by molar-refractivity contribution is 5.88. The van der Waals surface area contributed by atoms with Gasteiger partial charge in [-0.05, 0) is 31.3 Å². The molecule has 0 aliphatic carbocycles. The van der Waals surface area contributed by atoms with Crippen molar-refractivity contribution in [3.05, 3.63) is 36.0 Å². The maximum absolute atomic E-state index is 11.1. The summed E-state index contributed by atoms with van der Waals surface area (Å²) in [5.74, 6) is 0.186. The smallest absolute Gasteiger partial charge is 0.337 e. The lowest BCUT2D eigenvalue weighted by Crippen LogP contribution is -2.44. The van der Waals surface area contributed by atoms with Gasteiger partial charge in [-0.15, -0.1) is 0 Å². The number of piperazine rings is 1. The van der Waals surface area contributed by atoms with E-state index in [0.29, 0.717) is 5.56 Å². The quantitative estimate of drug-likeness (QED) is 0.885. The maximum atomic E-state index is 11.1. The number of carboxylic acid groups (broad SMARTS) is 1. The lowest BCUT2D eigenvalue weighted by Gasteiger charge is -2.33. The summed E-state index contributed by atoms with van der Waals surface area (Å²) in [4.78, 5) is 15.7. The molecule has 0 bridgehead atoms. The van der Waals surface area contributed by atoms with Crippen molar-refractivity contribution >= 4 is 17.3 Å². The van der Waals surface area contributed by atoms with E-state index in [4.69, 9.17) is 5.11 Å². The minimum absolute atomic E-state index is 0.319. The van der Waals surface area contributed by atoms with Gasteiger partial charge < -0.3 is 19.3 Å². The number of carbonyl (C=O) groups is 1. The molecule has 100 valence electrons. The van der Waals surface area contributed by atoms with E-state index in [2.05, 4.69) is 22.9 Å². The molecule has 2 aromatic heterocycles. The monoisotopic (exact) mass is 259 g/mol. The van der Waals surface area contributed by atoms with Crippen molar-refractivity contribution in [1.82, 2.24) is 9.30 Å². The fourth-order valence-corrected chi connectivity index (χ4v) is 2.51. The highest BCUT2D eigenvalue weighted by Crippen LogP contribution is 2.21. The number of likely N-dealkylation sites (N-methyl/N-ethyl adjacent to an activating group) is 1. The van der Waals surface area contributed by atoms with Gasteiger partial charge in [0, 0.05) is 37.9 Å². The number of aromatic nitrogens is 1. The molecule has 1 saturated heterocycles. The zero-order valence-electron chi connectivity index (χ0n) is 10.9. The predicted molar refractivity (Wildman–Crippen MR) is 74.1 cm³/mol. The fraction of sp³-hybridized carbons (Fsp3) is 0.357. The SMILES string of the molecule is CN1CCN(c2ccc3ccc(C(=O)O)cn23)CC1. The van der Waals surface area contributed by atoms with E-state index in [-0.39, 0.29) is 0 Å². The summed E-state index contributed by atoms with van der Waals surface area (Å²) >= 11 is 0. The Morgan fingerprint density at radius 2 is 1.79 bits per heavy atom. The number of nitrogens with zero attached hydrogens (tertiary/aromatic N) is 3. The number of pyridine rings is 1. The van der Waals surface area contributed by atoms with Crippen LogP contribution in [0.3, 0.4) is 0 Å². The Balaban J connectivity index is 1.99. The molecule has 0 amide bonds. The molecule has 0 radical (unpaired) electrons. The van der Waals surface area contributed by atoms with Crippen molar-refractivity contribution in [3.8, 4) is 0 Å². The van der Waals surface area contributed by atoms with Gasteiger partial charge >= 0.3 is 5.97 Å². The molecule has 0 atom stereocenters. The van der Waals surface area contributed by atoms with Crippen molar-refractivity contribution in [1.29, 1.82) is 0 Å². The summed E-state index contributed by atoms with van der Waals surface area (Å²) < 4.78 is 1.97. The molecular formula is C14H17N3O2. The lowest BCUT2D eigenvalue weighted by atomic mass is 10.3. The molecule has 1 aliphatic heterocycles. The van der Waals surface area contributed by atoms with Crippen LogP contribution in [-0.4, -0.2) is 53.6 Å². The Labute approximate surface area is 111 Å². The van der Waals surface area contributed by atoms with Crippen molar-refractivity contribution < 1.29 is 9.90 Å². The molecule has 3 rings (SSSR count). The lowest BCUT2D eigenvalue weighted by molar-refractivity contribution is 0.0696. The molecule has 0 saturated carbocycles. The number of anilines is 1. The van der Waals surface area contributed by atoms with Crippen LogP contribution in [0.2, 0.25) is 0 Å². The third-order valence-electron chi connectivity index (χ3n) is 3.70. The fourth-order valence-electron chi connectivity index (χ4n) is 2.51. The van der Waals surface area contributed by atoms with Crippen molar-refractivity contribution in [2.75, 3.05) is 38.1 Å². The third kappa shape index (κ3) is 2.17. The standard InChI is InChI=1S/C14H17N3O2/c1-15-6-8-16(9-7-15)13-5-4-12-3-2-11(14(18)19)10-17(12)13/h2-5,10H,6-9H2,1H3,(H,18,19). The second-order valence-electron chi connectivity index (χ2n) is 5.00. The Morgan fingerprint density at radius 3 is 2.47 bits per heavy atom. The zero-order chi connectivity index (χ0) is 13.4. The van der Waals surface area contributed by atoms with Crippen LogP contribution in [0.5, 0.6) is 0 Å². The first-order valence-corrected chi connectivity index (χ1v) is 6.43. The van der Waals surface area contributed by atoms with Crippen LogP contribution in [0.15, 0.2) is 30.5 Å². The minimum Gasteiger partial charge on any atom is -0.478 e. The Hall–Kier alpha value is -2.01. The number of hydrogen-bond acceptors (Lipinski definition) is 3. The molecule has 0 spiro atoms. The van der Waals surface area contributed by atoms with Crippen molar-refractivity contribution in [2.45, 2.75) is 0 Å². The molecule has 3 heterocycles. The van der Waals surface area contributed by atoms with Crippen LogP contribution < -0.4 is 4.90 Å². The topological polar surface area (TPSA) is 48.2 Å². The van der Waals surface area contributed by atoms with Gasteiger partial charge in [-0.3, -0.25) is 0 Å². The predicted octanol–water partition coefficient (Wildman–Crippen LogP) is 1.39. The highest BCUT2D eigenvalue weighted by Gasteiger charge is 2.17. The molecule has 1 aliphatic rings. The van der Waals surface area contributed by atoms with Crippen LogP contribution in [0.25, 0.3) is 5.52 Å². The molecule has 2 aromatic rings. The summed E-state index contributed by atoms with van der Waals surface area (Å²) in [6, 6.07) is 7.58. The maximum Gasteiger partial charge on any atom is 0.337 e. The normalized spacial score (nSPS) is 17.0. The average Bonchev–Trinajstić information content (AvgIpc) is 2.82. The van der Waals surface area contributed by atoms with E-state index in [1.165, 1.54) is 0 Å². The summed E-state index contributed by atoms with van der Waals surface area (Å²) in [6.45, 7) is 4.01. The minimum atomic E-state index is -0.889. The first-order chi connectivity index (χ1) is 9.15. The van der Waals surface area contributed by atoms with E-state index < -0.39 is 5.97 Å². The number of hydrogen-bond donors (Lipinski definition) is 1. The van der Waals surface area contributed by atoms with E-state index in [9.17, 15) is 4.79 Å².